The van der Waals surface area contributed by atoms with E-state index in [0.29, 0.717) is 11.5 Å². The Morgan fingerprint density at radius 3 is 2.52 bits per heavy atom. The monoisotopic (exact) mass is 358 g/mol. The molecular weight excluding hydrogens is 348 g/mol. The number of nitrogens with zero attached hydrogens (tertiary/aromatic N) is 2. The van der Waals surface area contributed by atoms with E-state index in [2.05, 4.69) is 37.3 Å². The van der Waals surface area contributed by atoms with Crippen molar-refractivity contribution in [1.82, 2.24) is 9.97 Å². The van der Waals surface area contributed by atoms with Crippen LogP contribution in [0.5, 0.6) is 0 Å². The molecule has 21 heavy (non-hydrogen) atoms. The average molecular weight is 359 g/mol. The van der Waals surface area contributed by atoms with Gasteiger partial charge in [-0.25, -0.2) is 9.97 Å². The Bertz CT molecular complexity index is 835. The Morgan fingerprint density at radius 1 is 1.05 bits per heavy atom. The van der Waals surface area contributed by atoms with E-state index in [-0.39, 0.29) is 4.99 Å². The van der Waals surface area contributed by atoms with E-state index in [0.717, 1.165) is 20.9 Å². The van der Waals surface area contributed by atoms with Crippen molar-refractivity contribution in [2.45, 2.75) is 0 Å². The highest BCUT2D eigenvalue weighted by molar-refractivity contribution is 9.10. The van der Waals surface area contributed by atoms with Gasteiger partial charge < -0.3 is 11.1 Å². The standard InChI is InChI=1S/C15H11BrN4S/c16-11-5-6-12(10-4-2-1-3-9(10)11)20-15-13(14(17)21)18-7-8-19-15/h1-8H,(H2,17,21)(H,19,20). The topological polar surface area (TPSA) is 63.8 Å². The molecule has 3 N–H and O–H groups in total. The fraction of sp³-hybridized carbons (Fsp3) is 0. The Balaban J connectivity index is 2.11. The zero-order chi connectivity index (χ0) is 14.8. The van der Waals surface area contributed by atoms with Crippen LogP contribution >= 0.6 is 28.1 Å². The normalized spacial score (nSPS) is 10.5. The summed E-state index contributed by atoms with van der Waals surface area (Å²) in [6.45, 7) is 0. The lowest BCUT2D eigenvalue weighted by Gasteiger charge is -2.12. The Kier molecular flexibility index (Phi) is 3.81. The van der Waals surface area contributed by atoms with Gasteiger partial charge in [0.15, 0.2) is 5.82 Å². The van der Waals surface area contributed by atoms with E-state index in [1.165, 1.54) is 0 Å². The predicted molar refractivity (Wildman–Crippen MR) is 92.9 cm³/mol. The maximum atomic E-state index is 5.69. The number of fused-ring (bicyclic) bond motifs is 1. The van der Waals surface area contributed by atoms with E-state index in [1.54, 1.807) is 12.4 Å². The molecule has 1 heterocycles. The molecule has 0 saturated carbocycles. The number of benzene rings is 2. The van der Waals surface area contributed by atoms with Gasteiger partial charge in [-0.1, -0.05) is 52.4 Å². The summed E-state index contributed by atoms with van der Waals surface area (Å²) in [7, 11) is 0. The van der Waals surface area contributed by atoms with E-state index >= 15 is 0 Å². The summed E-state index contributed by atoms with van der Waals surface area (Å²) in [5, 5.41) is 5.45. The largest absolute Gasteiger partial charge is 0.388 e. The first-order valence-electron chi connectivity index (χ1n) is 6.22. The number of nitrogens with one attached hydrogen (secondary N) is 1. The zero-order valence-corrected chi connectivity index (χ0v) is 13.3. The molecule has 1 aromatic heterocycles. The molecule has 0 amide bonds. The predicted octanol–water partition coefficient (Wildman–Crippen LogP) is 3.77. The molecule has 0 aliphatic carbocycles. The molecule has 0 aliphatic heterocycles. The van der Waals surface area contributed by atoms with Crippen LogP contribution in [0.2, 0.25) is 0 Å². The van der Waals surface area contributed by atoms with Crippen molar-refractivity contribution < 1.29 is 0 Å². The first-order chi connectivity index (χ1) is 10.2. The Hall–Kier alpha value is -2.05. The second-order valence-electron chi connectivity index (χ2n) is 4.38. The molecule has 4 nitrogen and oxygen atoms in total. The highest BCUT2D eigenvalue weighted by Crippen LogP contribution is 2.31. The molecule has 3 aromatic rings. The lowest BCUT2D eigenvalue weighted by Crippen LogP contribution is -2.15. The van der Waals surface area contributed by atoms with Crippen LogP contribution in [0.15, 0.2) is 53.3 Å². The lowest BCUT2D eigenvalue weighted by atomic mass is 10.1. The minimum atomic E-state index is 0.215. The van der Waals surface area contributed by atoms with Gasteiger partial charge in [0, 0.05) is 27.9 Å². The van der Waals surface area contributed by atoms with Gasteiger partial charge in [-0.15, -0.1) is 0 Å². The molecule has 3 rings (SSSR count). The summed E-state index contributed by atoms with van der Waals surface area (Å²) in [6.07, 6.45) is 3.17. The van der Waals surface area contributed by atoms with Crippen LogP contribution in [0.3, 0.4) is 0 Å². The van der Waals surface area contributed by atoms with Crippen LogP contribution in [-0.4, -0.2) is 15.0 Å². The summed E-state index contributed by atoms with van der Waals surface area (Å²) >= 11 is 8.57. The average Bonchev–Trinajstić information content (AvgIpc) is 2.51. The maximum absolute atomic E-state index is 5.69. The molecule has 2 aromatic carbocycles. The Labute approximate surface area is 135 Å². The second-order valence-corrected chi connectivity index (χ2v) is 5.68. The zero-order valence-electron chi connectivity index (χ0n) is 10.9. The molecule has 0 fully saturated rings. The summed E-state index contributed by atoms with van der Waals surface area (Å²) < 4.78 is 1.04. The van der Waals surface area contributed by atoms with Crippen LogP contribution in [0.25, 0.3) is 10.8 Å². The highest BCUT2D eigenvalue weighted by Gasteiger charge is 2.10. The molecule has 0 aliphatic rings. The minimum Gasteiger partial charge on any atom is -0.388 e. The number of aromatic nitrogens is 2. The first kappa shape index (κ1) is 13.9. The quantitative estimate of drug-likeness (QED) is 0.697. The molecule has 104 valence electrons. The molecule has 6 heteroatoms. The van der Waals surface area contributed by atoms with E-state index in [4.69, 9.17) is 18.0 Å². The van der Waals surface area contributed by atoms with Gasteiger partial charge in [0.25, 0.3) is 0 Å². The van der Waals surface area contributed by atoms with Crippen molar-refractivity contribution in [2.24, 2.45) is 5.73 Å². The van der Waals surface area contributed by atoms with Crippen LogP contribution in [0, 0.1) is 0 Å². The number of hydrogen-bond donors (Lipinski definition) is 2. The van der Waals surface area contributed by atoms with Gasteiger partial charge in [0.2, 0.25) is 0 Å². The molecule has 0 atom stereocenters. The molecule has 0 radical (unpaired) electrons. The maximum Gasteiger partial charge on any atom is 0.159 e. The number of nitrogens with two attached hydrogens (primary N) is 1. The number of thiocarbonyl (C=S) groups is 1. The van der Waals surface area contributed by atoms with Gasteiger partial charge in [-0.3, -0.25) is 0 Å². The van der Waals surface area contributed by atoms with Crippen LogP contribution in [0.1, 0.15) is 5.69 Å². The number of halogens is 1. The van der Waals surface area contributed by atoms with Crippen molar-refractivity contribution in [3.05, 3.63) is 59.0 Å². The first-order valence-corrected chi connectivity index (χ1v) is 7.42. The number of hydrogen-bond acceptors (Lipinski definition) is 4. The van der Waals surface area contributed by atoms with Crippen molar-refractivity contribution in [1.29, 1.82) is 0 Å². The fourth-order valence-corrected chi connectivity index (χ4v) is 2.74. The number of anilines is 2. The molecular formula is C15H11BrN4S. The van der Waals surface area contributed by atoms with Crippen LogP contribution < -0.4 is 11.1 Å². The Morgan fingerprint density at radius 2 is 1.76 bits per heavy atom. The molecule has 0 unspecified atom stereocenters. The van der Waals surface area contributed by atoms with Crippen molar-refractivity contribution >= 4 is 55.4 Å². The van der Waals surface area contributed by atoms with Gasteiger partial charge in [0.1, 0.15) is 10.7 Å². The van der Waals surface area contributed by atoms with E-state index < -0.39 is 0 Å². The number of rotatable bonds is 3. The van der Waals surface area contributed by atoms with E-state index in [9.17, 15) is 0 Å². The second kappa shape index (κ2) is 5.75. The summed E-state index contributed by atoms with van der Waals surface area (Å²) in [6, 6.07) is 12.0. The van der Waals surface area contributed by atoms with Crippen molar-refractivity contribution in [3.8, 4) is 0 Å². The van der Waals surface area contributed by atoms with Gasteiger partial charge >= 0.3 is 0 Å². The molecule has 0 spiro atoms. The summed E-state index contributed by atoms with van der Waals surface area (Å²) in [5.41, 5.74) is 7.10. The third-order valence-corrected chi connectivity index (χ3v) is 3.94. The smallest absolute Gasteiger partial charge is 0.159 e. The minimum absolute atomic E-state index is 0.215. The molecule has 0 bridgehead atoms. The van der Waals surface area contributed by atoms with Crippen LogP contribution in [0.4, 0.5) is 11.5 Å². The van der Waals surface area contributed by atoms with Crippen molar-refractivity contribution in [2.75, 3.05) is 5.32 Å². The summed E-state index contributed by atoms with van der Waals surface area (Å²) in [4.78, 5) is 8.66. The van der Waals surface area contributed by atoms with Crippen LogP contribution in [-0.2, 0) is 0 Å². The van der Waals surface area contributed by atoms with Gasteiger partial charge in [-0.05, 0) is 17.5 Å². The third-order valence-electron chi connectivity index (χ3n) is 3.06. The van der Waals surface area contributed by atoms with Gasteiger partial charge in [-0.2, -0.15) is 0 Å². The summed E-state index contributed by atoms with van der Waals surface area (Å²) in [5.74, 6) is 0.553. The third kappa shape index (κ3) is 2.72. The molecule has 0 saturated heterocycles. The van der Waals surface area contributed by atoms with Crippen molar-refractivity contribution in [3.63, 3.8) is 0 Å². The van der Waals surface area contributed by atoms with Gasteiger partial charge in [0.05, 0.1) is 0 Å². The fourth-order valence-electron chi connectivity index (χ4n) is 2.11. The highest BCUT2D eigenvalue weighted by atomic mass is 79.9. The van der Waals surface area contributed by atoms with E-state index in [1.807, 2.05) is 30.3 Å². The SMILES string of the molecule is NC(=S)c1nccnc1Nc1ccc(Br)c2ccccc12. The lowest BCUT2D eigenvalue weighted by molar-refractivity contribution is 1.18.